The van der Waals surface area contributed by atoms with Crippen LogP contribution in [0.4, 0.5) is 0 Å². The van der Waals surface area contributed by atoms with E-state index in [1.54, 1.807) is 0 Å². The van der Waals surface area contributed by atoms with Gasteiger partial charge in [0.2, 0.25) is 5.91 Å². The van der Waals surface area contributed by atoms with E-state index < -0.39 is 0 Å². The van der Waals surface area contributed by atoms with Crippen molar-refractivity contribution in [1.82, 2.24) is 16.0 Å². The van der Waals surface area contributed by atoms with Crippen molar-refractivity contribution in [2.75, 3.05) is 32.8 Å². The number of carbonyl (C=O) groups excluding carboxylic acids is 1. The van der Waals surface area contributed by atoms with Crippen LogP contribution in [0.2, 0.25) is 0 Å². The molecule has 0 fully saturated rings. The summed E-state index contributed by atoms with van der Waals surface area (Å²) in [5.41, 5.74) is 1.04. The lowest BCUT2D eigenvalue weighted by molar-refractivity contribution is -0.119. The van der Waals surface area contributed by atoms with Crippen LogP contribution >= 0.6 is 24.0 Å². The summed E-state index contributed by atoms with van der Waals surface area (Å²) in [7, 11) is 0. The van der Waals surface area contributed by atoms with Crippen LogP contribution in [0.15, 0.2) is 23.2 Å². The van der Waals surface area contributed by atoms with E-state index >= 15 is 0 Å². The Balaban J connectivity index is 0.00000676. The molecule has 27 heavy (non-hydrogen) atoms. The summed E-state index contributed by atoms with van der Waals surface area (Å²) in [5, 5.41) is 9.21. The minimum atomic E-state index is -0.0999. The van der Waals surface area contributed by atoms with Gasteiger partial charge < -0.3 is 25.4 Å². The number of carbonyl (C=O) groups is 1. The molecule has 1 atom stereocenters. The Morgan fingerprint density at radius 2 is 1.67 bits per heavy atom. The van der Waals surface area contributed by atoms with E-state index in [1.165, 1.54) is 0 Å². The Kier molecular flexibility index (Phi) is 13.5. The summed E-state index contributed by atoms with van der Waals surface area (Å²) < 4.78 is 11.3. The van der Waals surface area contributed by atoms with Crippen LogP contribution in [0, 0.1) is 0 Å². The predicted molar refractivity (Wildman–Crippen MR) is 120 cm³/mol. The molecule has 1 aromatic carbocycles. The first-order valence-electron chi connectivity index (χ1n) is 9.26. The fourth-order valence-corrected chi connectivity index (χ4v) is 2.35. The van der Waals surface area contributed by atoms with Crippen molar-refractivity contribution >= 4 is 35.8 Å². The molecule has 0 aromatic heterocycles. The molecule has 0 bridgehead atoms. The van der Waals surface area contributed by atoms with Gasteiger partial charge in [-0.05, 0) is 52.3 Å². The molecule has 8 heteroatoms. The lowest BCUT2D eigenvalue weighted by Crippen LogP contribution is -2.39. The minimum absolute atomic E-state index is 0. The van der Waals surface area contributed by atoms with Crippen LogP contribution in [0.5, 0.6) is 11.5 Å². The van der Waals surface area contributed by atoms with E-state index in [9.17, 15) is 4.79 Å². The van der Waals surface area contributed by atoms with Crippen molar-refractivity contribution in [3.8, 4) is 11.5 Å². The zero-order valence-corrected chi connectivity index (χ0v) is 19.3. The van der Waals surface area contributed by atoms with Crippen LogP contribution in [-0.4, -0.2) is 44.7 Å². The third-order valence-corrected chi connectivity index (χ3v) is 3.52. The number of nitrogens with one attached hydrogen (secondary N) is 3. The maximum absolute atomic E-state index is 11.6. The Morgan fingerprint density at radius 3 is 2.26 bits per heavy atom. The number of rotatable bonds is 10. The predicted octanol–water partition coefficient (Wildman–Crippen LogP) is 2.85. The van der Waals surface area contributed by atoms with E-state index in [0.717, 1.165) is 17.1 Å². The zero-order chi connectivity index (χ0) is 19.4. The number of hydrogen-bond donors (Lipinski definition) is 3. The quantitative estimate of drug-likeness (QED) is 0.266. The summed E-state index contributed by atoms with van der Waals surface area (Å²) in [6, 6.07) is 5.87. The van der Waals surface area contributed by atoms with Crippen LogP contribution in [0.1, 0.15) is 46.2 Å². The van der Waals surface area contributed by atoms with Crippen molar-refractivity contribution < 1.29 is 14.3 Å². The molecule has 3 N–H and O–H groups in total. The molecular weight excluding hydrogens is 459 g/mol. The number of aliphatic imine (C=N–C) groups is 1. The molecule has 0 heterocycles. The standard InChI is InChI=1S/C19H32N4O3.HI/c1-6-20-18(24)13-22-19(21-7-2)23-14(5)15-10-11-16(25-8-3)17(12-15)26-9-4;/h10-12,14H,6-9,13H2,1-5H3,(H,20,24)(H2,21,22,23);1H. The van der Waals surface area contributed by atoms with Crippen LogP contribution in [0.3, 0.4) is 0 Å². The number of amides is 1. The number of ether oxygens (including phenoxy) is 2. The molecule has 0 saturated heterocycles. The Bertz CT molecular complexity index is 596. The third-order valence-electron chi connectivity index (χ3n) is 3.52. The first kappa shape index (κ1) is 25.3. The molecule has 0 aliphatic heterocycles. The largest absolute Gasteiger partial charge is 0.490 e. The first-order valence-corrected chi connectivity index (χ1v) is 9.26. The van der Waals surface area contributed by atoms with Gasteiger partial charge in [-0.25, -0.2) is 4.99 Å². The van der Waals surface area contributed by atoms with Gasteiger partial charge in [0.15, 0.2) is 17.5 Å². The van der Waals surface area contributed by atoms with Crippen LogP contribution in [0.25, 0.3) is 0 Å². The summed E-state index contributed by atoms with van der Waals surface area (Å²) in [5.74, 6) is 1.96. The second-order valence-electron chi connectivity index (χ2n) is 5.59. The molecule has 1 aromatic rings. The number of hydrogen-bond acceptors (Lipinski definition) is 4. The van der Waals surface area contributed by atoms with E-state index in [-0.39, 0.29) is 42.5 Å². The molecule has 1 rings (SSSR count). The summed E-state index contributed by atoms with van der Waals surface area (Å²) in [6.07, 6.45) is 0. The molecule has 0 saturated carbocycles. The fraction of sp³-hybridized carbons (Fsp3) is 0.579. The van der Waals surface area contributed by atoms with Gasteiger partial charge in [-0.3, -0.25) is 4.79 Å². The summed E-state index contributed by atoms with van der Waals surface area (Å²) >= 11 is 0. The van der Waals surface area contributed by atoms with Crippen LogP contribution in [-0.2, 0) is 4.79 Å². The number of benzene rings is 1. The SMILES string of the molecule is CCNC(=O)CN=C(NCC)NC(C)c1ccc(OCC)c(OCC)c1.I. The lowest BCUT2D eigenvalue weighted by atomic mass is 10.1. The van der Waals surface area contributed by atoms with Crippen molar-refractivity contribution in [2.45, 2.75) is 40.7 Å². The average Bonchev–Trinajstić information content (AvgIpc) is 2.62. The third kappa shape index (κ3) is 9.16. The monoisotopic (exact) mass is 492 g/mol. The van der Waals surface area contributed by atoms with E-state index in [1.807, 2.05) is 52.8 Å². The second-order valence-corrected chi connectivity index (χ2v) is 5.59. The van der Waals surface area contributed by atoms with Gasteiger partial charge in [-0.2, -0.15) is 0 Å². The molecule has 0 radical (unpaired) electrons. The van der Waals surface area contributed by atoms with Crippen molar-refractivity contribution in [3.05, 3.63) is 23.8 Å². The molecule has 1 unspecified atom stereocenters. The second kappa shape index (κ2) is 14.4. The highest BCUT2D eigenvalue weighted by molar-refractivity contribution is 14.0. The van der Waals surface area contributed by atoms with Gasteiger partial charge in [0.25, 0.3) is 0 Å². The number of nitrogens with zero attached hydrogens (tertiary/aromatic N) is 1. The van der Waals surface area contributed by atoms with Crippen molar-refractivity contribution in [3.63, 3.8) is 0 Å². The van der Waals surface area contributed by atoms with Gasteiger partial charge in [0.1, 0.15) is 6.54 Å². The number of guanidine groups is 1. The maximum atomic E-state index is 11.6. The van der Waals surface area contributed by atoms with Gasteiger partial charge >= 0.3 is 0 Å². The number of likely N-dealkylation sites (N-methyl/N-ethyl adjacent to an activating group) is 1. The molecule has 7 nitrogen and oxygen atoms in total. The average molecular weight is 492 g/mol. The highest BCUT2D eigenvalue weighted by Crippen LogP contribution is 2.30. The van der Waals surface area contributed by atoms with Gasteiger partial charge in [0, 0.05) is 13.1 Å². The highest BCUT2D eigenvalue weighted by atomic mass is 127. The van der Waals surface area contributed by atoms with Gasteiger partial charge in [-0.1, -0.05) is 6.07 Å². The fourth-order valence-electron chi connectivity index (χ4n) is 2.35. The molecular formula is C19H33IN4O3. The zero-order valence-electron chi connectivity index (χ0n) is 16.9. The Labute approximate surface area is 179 Å². The summed E-state index contributed by atoms with van der Waals surface area (Å²) in [4.78, 5) is 15.9. The lowest BCUT2D eigenvalue weighted by Gasteiger charge is -2.20. The summed E-state index contributed by atoms with van der Waals surface area (Å²) in [6.45, 7) is 12.3. The minimum Gasteiger partial charge on any atom is -0.490 e. The molecule has 0 aliphatic carbocycles. The van der Waals surface area contributed by atoms with E-state index in [4.69, 9.17) is 9.47 Å². The van der Waals surface area contributed by atoms with Gasteiger partial charge in [0.05, 0.1) is 19.3 Å². The molecule has 1 amide bonds. The van der Waals surface area contributed by atoms with Crippen LogP contribution < -0.4 is 25.4 Å². The van der Waals surface area contributed by atoms with Gasteiger partial charge in [-0.15, -0.1) is 24.0 Å². The van der Waals surface area contributed by atoms with Crippen molar-refractivity contribution in [2.24, 2.45) is 4.99 Å². The smallest absolute Gasteiger partial charge is 0.241 e. The normalized spacial score (nSPS) is 11.8. The molecule has 0 aliphatic rings. The number of halogens is 1. The molecule has 154 valence electrons. The van der Waals surface area contributed by atoms with Crippen molar-refractivity contribution in [1.29, 1.82) is 0 Å². The first-order chi connectivity index (χ1) is 12.5. The maximum Gasteiger partial charge on any atom is 0.241 e. The Morgan fingerprint density at radius 1 is 1.04 bits per heavy atom. The Hall–Kier alpha value is -1.71. The molecule has 0 spiro atoms. The van der Waals surface area contributed by atoms with E-state index in [0.29, 0.717) is 32.3 Å². The topological polar surface area (TPSA) is 84.0 Å². The van der Waals surface area contributed by atoms with E-state index in [2.05, 4.69) is 20.9 Å². The highest BCUT2D eigenvalue weighted by Gasteiger charge is 2.12.